The van der Waals surface area contributed by atoms with Crippen LogP contribution in [0.4, 0.5) is 0 Å². The zero-order chi connectivity index (χ0) is 14.0. The lowest BCUT2D eigenvalue weighted by atomic mass is 10.1. The topological polar surface area (TPSA) is 21.3 Å². The normalized spacial score (nSPS) is 10.7. The summed E-state index contributed by atoms with van der Waals surface area (Å²) in [7, 11) is 0. The fourth-order valence-electron chi connectivity index (χ4n) is 2.02. The van der Waals surface area contributed by atoms with Crippen molar-refractivity contribution in [2.75, 3.05) is 6.54 Å². The highest BCUT2D eigenvalue weighted by molar-refractivity contribution is 5.22. The highest BCUT2D eigenvalue weighted by Gasteiger charge is 1.96. The van der Waals surface area contributed by atoms with E-state index in [1.165, 1.54) is 23.1 Å². The van der Waals surface area contributed by atoms with Crippen LogP contribution >= 0.6 is 0 Å². The maximum Gasteiger partial charge on any atom is 0.0721 e. The molecule has 2 rings (SSSR count). The van der Waals surface area contributed by atoms with Gasteiger partial charge < -0.3 is 10.1 Å². The molecule has 0 radical (unpaired) electrons. The molecule has 2 aromatic rings. The van der Waals surface area contributed by atoms with Crippen molar-refractivity contribution in [3.05, 3.63) is 71.3 Å². The molecule has 0 heterocycles. The first-order valence-electron chi connectivity index (χ1n) is 7.28. The fourth-order valence-corrected chi connectivity index (χ4v) is 2.02. The Kier molecular flexibility index (Phi) is 6.28. The zero-order valence-corrected chi connectivity index (χ0v) is 12.1. The van der Waals surface area contributed by atoms with Crippen LogP contribution in [0.5, 0.6) is 0 Å². The third-order valence-electron chi connectivity index (χ3n) is 3.16. The molecule has 0 aromatic heterocycles. The van der Waals surface area contributed by atoms with Crippen molar-refractivity contribution in [1.29, 1.82) is 0 Å². The Morgan fingerprint density at radius 3 is 2.05 bits per heavy atom. The zero-order valence-electron chi connectivity index (χ0n) is 12.1. The largest absolute Gasteiger partial charge is 0.372 e. The van der Waals surface area contributed by atoms with Crippen LogP contribution < -0.4 is 5.32 Å². The van der Waals surface area contributed by atoms with Crippen LogP contribution in [0.2, 0.25) is 0 Å². The summed E-state index contributed by atoms with van der Waals surface area (Å²) in [5.74, 6) is 0. The average Bonchev–Trinajstić information content (AvgIpc) is 2.50. The van der Waals surface area contributed by atoms with Crippen molar-refractivity contribution in [2.24, 2.45) is 0 Å². The molecule has 2 nitrogen and oxygen atoms in total. The summed E-state index contributed by atoms with van der Waals surface area (Å²) < 4.78 is 5.73. The third kappa shape index (κ3) is 5.16. The molecule has 0 atom stereocenters. The van der Waals surface area contributed by atoms with Gasteiger partial charge in [-0.3, -0.25) is 0 Å². The Balaban J connectivity index is 1.73. The van der Waals surface area contributed by atoms with E-state index in [0.717, 1.165) is 13.1 Å². The number of hydrogen-bond acceptors (Lipinski definition) is 2. The van der Waals surface area contributed by atoms with E-state index in [9.17, 15) is 0 Å². The van der Waals surface area contributed by atoms with Gasteiger partial charge in [0.25, 0.3) is 0 Å². The molecule has 0 unspecified atom stereocenters. The number of benzene rings is 2. The Morgan fingerprint density at radius 2 is 1.40 bits per heavy atom. The number of nitrogens with one attached hydrogen (secondary N) is 1. The van der Waals surface area contributed by atoms with Gasteiger partial charge in [0.1, 0.15) is 0 Å². The standard InChI is InChI=1S/C18H23NO/c1-2-12-19-13-16-8-10-18(11-9-16)15-20-14-17-6-4-3-5-7-17/h3-11,19H,2,12-15H2,1H3. The highest BCUT2D eigenvalue weighted by Crippen LogP contribution is 2.08. The second-order valence-electron chi connectivity index (χ2n) is 4.97. The Hall–Kier alpha value is -1.64. The van der Waals surface area contributed by atoms with E-state index in [-0.39, 0.29) is 0 Å². The van der Waals surface area contributed by atoms with E-state index in [0.29, 0.717) is 13.2 Å². The summed E-state index contributed by atoms with van der Waals surface area (Å²) in [6.07, 6.45) is 1.17. The van der Waals surface area contributed by atoms with Crippen LogP contribution in [0.25, 0.3) is 0 Å². The number of ether oxygens (including phenoxy) is 1. The van der Waals surface area contributed by atoms with Crippen molar-refractivity contribution >= 4 is 0 Å². The maximum atomic E-state index is 5.73. The summed E-state index contributed by atoms with van der Waals surface area (Å²) in [5, 5.41) is 3.40. The minimum atomic E-state index is 0.664. The first-order valence-corrected chi connectivity index (χ1v) is 7.28. The second kappa shape index (κ2) is 8.51. The highest BCUT2D eigenvalue weighted by atomic mass is 16.5. The number of hydrogen-bond donors (Lipinski definition) is 1. The van der Waals surface area contributed by atoms with Gasteiger partial charge in [-0.2, -0.15) is 0 Å². The van der Waals surface area contributed by atoms with Gasteiger partial charge in [-0.05, 0) is 29.7 Å². The average molecular weight is 269 g/mol. The van der Waals surface area contributed by atoms with E-state index in [2.05, 4.69) is 48.6 Å². The van der Waals surface area contributed by atoms with Crippen molar-refractivity contribution in [3.8, 4) is 0 Å². The maximum absolute atomic E-state index is 5.73. The molecule has 0 saturated heterocycles. The van der Waals surface area contributed by atoms with Gasteiger partial charge in [-0.1, -0.05) is 61.5 Å². The predicted molar refractivity (Wildman–Crippen MR) is 83.4 cm³/mol. The first kappa shape index (κ1) is 14.8. The lowest BCUT2D eigenvalue weighted by molar-refractivity contribution is 0.107. The molecule has 0 amide bonds. The summed E-state index contributed by atoms with van der Waals surface area (Å²) in [4.78, 5) is 0. The Morgan fingerprint density at radius 1 is 0.800 bits per heavy atom. The predicted octanol–water partition coefficient (Wildman–Crippen LogP) is 3.90. The van der Waals surface area contributed by atoms with Crippen molar-refractivity contribution in [3.63, 3.8) is 0 Å². The summed E-state index contributed by atoms with van der Waals surface area (Å²) in [6, 6.07) is 18.9. The van der Waals surface area contributed by atoms with Gasteiger partial charge in [-0.25, -0.2) is 0 Å². The molecule has 0 aliphatic rings. The van der Waals surface area contributed by atoms with Gasteiger partial charge in [0.05, 0.1) is 13.2 Å². The second-order valence-corrected chi connectivity index (χ2v) is 4.97. The molecule has 0 aliphatic heterocycles. The number of rotatable bonds is 8. The lowest BCUT2D eigenvalue weighted by Crippen LogP contribution is -2.13. The summed E-state index contributed by atoms with van der Waals surface area (Å²) in [6.45, 7) is 5.53. The molecule has 0 saturated carbocycles. The summed E-state index contributed by atoms with van der Waals surface area (Å²) in [5.41, 5.74) is 3.76. The van der Waals surface area contributed by atoms with Gasteiger partial charge in [0.2, 0.25) is 0 Å². The minimum Gasteiger partial charge on any atom is -0.372 e. The fraction of sp³-hybridized carbons (Fsp3) is 0.333. The molecule has 0 spiro atoms. The molecule has 20 heavy (non-hydrogen) atoms. The van der Waals surface area contributed by atoms with E-state index in [1.807, 2.05) is 18.2 Å². The lowest BCUT2D eigenvalue weighted by Gasteiger charge is -2.07. The third-order valence-corrected chi connectivity index (χ3v) is 3.16. The molecular formula is C18H23NO. The van der Waals surface area contributed by atoms with Crippen LogP contribution in [0, 0.1) is 0 Å². The van der Waals surface area contributed by atoms with Crippen molar-refractivity contribution in [1.82, 2.24) is 5.32 Å². The van der Waals surface area contributed by atoms with Gasteiger partial charge in [-0.15, -0.1) is 0 Å². The minimum absolute atomic E-state index is 0.664. The Labute approximate surface area is 121 Å². The smallest absolute Gasteiger partial charge is 0.0721 e. The SMILES string of the molecule is CCCNCc1ccc(COCc2ccccc2)cc1. The van der Waals surface area contributed by atoms with Crippen LogP contribution in [-0.4, -0.2) is 6.54 Å². The van der Waals surface area contributed by atoms with Gasteiger partial charge >= 0.3 is 0 Å². The molecule has 0 fully saturated rings. The van der Waals surface area contributed by atoms with Crippen molar-refractivity contribution in [2.45, 2.75) is 33.1 Å². The van der Waals surface area contributed by atoms with Crippen LogP contribution in [-0.2, 0) is 24.5 Å². The van der Waals surface area contributed by atoms with Gasteiger partial charge in [0, 0.05) is 6.54 Å². The van der Waals surface area contributed by atoms with E-state index < -0.39 is 0 Å². The Bertz CT molecular complexity index is 479. The molecule has 1 N–H and O–H groups in total. The molecular weight excluding hydrogens is 246 g/mol. The molecule has 2 aromatic carbocycles. The quantitative estimate of drug-likeness (QED) is 0.734. The van der Waals surface area contributed by atoms with E-state index >= 15 is 0 Å². The van der Waals surface area contributed by atoms with E-state index in [1.54, 1.807) is 0 Å². The summed E-state index contributed by atoms with van der Waals surface area (Å²) >= 11 is 0. The van der Waals surface area contributed by atoms with E-state index in [4.69, 9.17) is 4.74 Å². The van der Waals surface area contributed by atoms with Gasteiger partial charge in [0.15, 0.2) is 0 Å². The molecule has 106 valence electrons. The monoisotopic (exact) mass is 269 g/mol. The van der Waals surface area contributed by atoms with Crippen LogP contribution in [0.15, 0.2) is 54.6 Å². The van der Waals surface area contributed by atoms with Crippen LogP contribution in [0.3, 0.4) is 0 Å². The van der Waals surface area contributed by atoms with Crippen LogP contribution in [0.1, 0.15) is 30.0 Å². The molecule has 0 bridgehead atoms. The molecule has 2 heteroatoms. The van der Waals surface area contributed by atoms with Crippen molar-refractivity contribution < 1.29 is 4.74 Å². The molecule has 0 aliphatic carbocycles. The first-order chi connectivity index (χ1) is 9.88.